The lowest BCUT2D eigenvalue weighted by molar-refractivity contribution is -0.138. The highest BCUT2D eigenvalue weighted by atomic mass is 16.5. The number of ether oxygens (including phenoxy) is 4. The normalized spacial score (nSPS) is 10.1. The molecule has 0 atom stereocenters. The van der Waals surface area contributed by atoms with Gasteiger partial charge in [0.15, 0.2) is 0 Å². The predicted octanol–water partition coefficient (Wildman–Crippen LogP) is 9.84. The number of fused-ring (bicyclic) bond motifs is 2. The second kappa shape index (κ2) is 21.2. The first-order valence-electron chi connectivity index (χ1n) is 17.8. The monoisotopic (exact) mass is 706 g/mol. The predicted molar refractivity (Wildman–Crippen MR) is 214 cm³/mol. The molecule has 0 bridgehead atoms. The maximum absolute atomic E-state index is 11.0. The molecule has 0 heterocycles. The third kappa shape index (κ3) is 12.8. The Morgan fingerprint density at radius 1 is 0.623 bits per heavy atom. The minimum atomic E-state index is -0.412. The van der Waals surface area contributed by atoms with E-state index in [2.05, 4.69) is 68.2 Å². The van der Waals surface area contributed by atoms with E-state index in [0.717, 1.165) is 76.3 Å². The van der Waals surface area contributed by atoms with Gasteiger partial charge in [0.05, 0.1) is 26.4 Å². The molecular formula is C47H46O6. The van der Waals surface area contributed by atoms with Crippen LogP contribution in [0.3, 0.4) is 0 Å². The first-order valence-corrected chi connectivity index (χ1v) is 17.8. The lowest BCUT2D eigenvalue weighted by Crippen LogP contribution is -2.07. The van der Waals surface area contributed by atoms with Gasteiger partial charge in [-0.1, -0.05) is 73.4 Å². The van der Waals surface area contributed by atoms with E-state index in [1.54, 1.807) is 0 Å². The van der Waals surface area contributed by atoms with Crippen molar-refractivity contribution in [3.8, 4) is 35.7 Å². The van der Waals surface area contributed by atoms with Gasteiger partial charge in [-0.3, -0.25) is 0 Å². The molecule has 5 aromatic carbocycles. The smallest absolute Gasteiger partial charge is 0.330 e. The molecular weight excluding hydrogens is 661 g/mol. The Bertz CT molecular complexity index is 2140. The number of unbranched alkanes of at least 4 members (excludes halogenated alkanes) is 3. The summed E-state index contributed by atoms with van der Waals surface area (Å²) < 4.78 is 21.4. The number of carbonyl (C=O) groups is 2. The minimum Gasteiger partial charge on any atom is -0.494 e. The average Bonchev–Trinajstić information content (AvgIpc) is 3.19. The molecule has 0 aliphatic carbocycles. The fraction of sp³-hybridized carbons (Fsp3) is 0.234. The first-order chi connectivity index (χ1) is 25.8. The number of benzene rings is 5. The van der Waals surface area contributed by atoms with E-state index in [1.165, 1.54) is 22.4 Å². The van der Waals surface area contributed by atoms with Crippen LogP contribution in [0.4, 0.5) is 0 Å². The fourth-order valence-electron chi connectivity index (χ4n) is 5.44. The standard InChI is InChI=1S/C26H24O3.C21H22O3/c1-4-26(27)29-17-7-16-28-25-15-12-21(18-20(25)3)11-14-22-13-10-19(2)23-8-5-6-9-24(22)23;1-3-17-9-10-19-16-20(12-11-18(19)15-17)23-13-7-5-6-8-14-24-21(22)4-2/h4-6,8-10,12-13,15,18H,1,7,16-17H2,2-3H3;1,4,9-12,15-16H,2,5-8,13-14H2. The second-order valence-electron chi connectivity index (χ2n) is 12.3. The van der Waals surface area contributed by atoms with Crippen LogP contribution in [0.5, 0.6) is 11.5 Å². The van der Waals surface area contributed by atoms with Crippen molar-refractivity contribution in [2.45, 2.75) is 46.0 Å². The van der Waals surface area contributed by atoms with E-state index in [1.807, 2.05) is 67.6 Å². The Morgan fingerprint density at radius 2 is 1.26 bits per heavy atom. The van der Waals surface area contributed by atoms with E-state index in [9.17, 15) is 9.59 Å². The number of rotatable bonds is 15. The number of hydrogen-bond acceptors (Lipinski definition) is 6. The highest BCUT2D eigenvalue weighted by Gasteiger charge is 2.04. The average molecular weight is 707 g/mol. The minimum absolute atomic E-state index is 0.317. The fourth-order valence-corrected chi connectivity index (χ4v) is 5.44. The van der Waals surface area contributed by atoms with E-state index >= 15 is 0 Å². The maximum Gasteiger partial charge on any atom is 0.330 e. The molecule has 5 aromatic rings. The molecule has 0 saturated carbocycles. The summed E-state index contributed by atoms with van der Waals surface area (Å²) in [6.45, 7) is 12.8. The Morgan fingerprint density at radius 3 is 1.98 bits per heavy atom. The lowest BCUT2D eigenvalue weighted by atomic mass is 10.0. The highest BCUT2D eigenvalue weighted by molar-refractivity contribution is 5.91. The Labute approximate surface area is 313 Å². The topological polar surface area (TPSA) is 71.1 Å². The largest absolute Gasteiger partial charge is 0.494 e. The van der Waals surface area contributed by atoms with Crippen LogP contribution in [-0.4, -0.2) is 38.4 Å². The zero-order chi connectivity index (χ0) is 37.8. The summed E-state index contributed by atoms with van der Waals surface area (Å²) in [5.41, 5.74) is 5.13. The summed E-state index contributed by atoms with van der Waals surface area (Å²) >= 11 is 0. The van der Waals surface area contributed by atoms with Crippen LogP contribution < -0.4 is 9.47 Å². The van der Waals surface area contributed by atoms with Crippen LogP contribution in [0.25, 0.3) is 21.5 Å². The number of esters is 2. The van der Waals surface area contributed by atoms with Crippen LogP contribution >= 0.6 is 0 Å². The van der Waals surface area contributed by atoms with E-state index in [0.29, 0.717) is 32.8 Å². The van der Waals surface area contributed by atoms with Gasteiger partial charge in [-0.05, 0) is 121 Å². The van der Waals surface area contributed by atoms with Gasteiger partial charge in [0, 0.05) is 35.3 Å². The van der Waals surface area contributed by atoms with Gasteiger partial charge in [0.1, 0.15) is 11.5 Å². The van der Waals surface area contributed by atoms with Gasteiger partial charge in [0.2, 0.25) is 0 Å². The van der Waals surface area contributed by atoms with Crippen molar-refractivity contribution in [1.29, 1.82) is 0 Å². The second-order valence-corrected chi connectivity index (χ2v) is 12.3. The summed E-state index contributed by atoms with van der Waals surface area (Å²) in [7, 11) is 0. The Kier molecular flexibility index (Phi) is 15.8. The SMILES string of the molecule is C#Cc1ccc2cc(OCCCCCCOC(=O)C=C)ccc2c1.C=CC(=O)OCCCOc1ccc(C#Cc2ccc(C)c3ccccc23)cc1C. The number of carbonyl (C=O) groups excluding carboxylic acids is 2. The van der Waals surface area contributed by atoms with Crippen LogP contribution in [0.1, 0.15) is 59.9 Å². The van der Waals surface area contributed by atoms with Gasteiger partial charge < -0.3 is 18.9 Å². The zero-order valence-corrected chi connectivity index (χ0v) is 30.6. The molecule has 53 heavy (non-hydrogen) atoms. The lowest BCUT2D eigenvalue weighted by Gasteiger charge is -2.09. The molecule has 0 N–H and O–H groups in total. The quantitative estimate of drug-likeness (QED) is 0.0467. The van der Waals surface area contributed by atoms with E-state index in [4.69, 9.17) is 25.4 Å². The van der Waals surface area contributed by atoms with Crippen LogP contribution in [0.15, 0.2) is 116 Å². The van der Waals surface area contributed by atoms with Gasteiger partial charge in [0.25, 0.3) is 0 Å². The van der Waals surface area contributed by atoms with Gasteiger partial charge in [-0.25, -0.2) is 9.59 Å². The molecule has 5 rings (SSSR count). The maximum atomic E-state index is 11.0. The van der Waals surface area contributed by atoms with Crippen LogP contribution in [0.2, 0.25) is 0 Å². The molecule has 0 fully saturated rings. The molecule has 0 saturated heterocycles. The molecule has 270 valence electrons. The molecule has 0 unspecified atom stereocenters. The van der Waals surface area contributed by atoms with Crippen molar-refractivity contribution in [2.24, 2.45) is 0 Å². The van der Waals surface area contributed by atoms with E-state index < -0.39 is 5.97 Å². The first kappa shape index (κ1) is 39.5. The third-order valence-corrected chi connectivity index (χ3v) is 8.31. The summed E-state index contributed by atoms with van der Waals surface area (Å²) in [5.74, 6) is 10.1. The van der Waals surface area contributed by atoms with Crippen molar-refractivity contribution in [2.75, 3.05) is 26.4 Å². The molecule has 6 heteroatoms. The molecule has 0 radical (unpaired) electrons. The summed E-state index contributed by atoms with van der Waals surface area (Å²) in [5, 5.41) is 4.65. The summed E-state index contributed by atoms with van der Waals surface area (Å²) in [4.78, 5) is 21.9. The summed E-state index contributed by atoms with van der Waals surface area (Å²) in [6.07, 6.45) is 12.3. The van der Waals surface area contributed by atoms with Gasteiger partial charge in [-0.15, -0.1) is 6.42 Å². The van der Waals surface area contributed by atoms with Crippen molar-refractivity contribution in [1.82, 2.24) is 0 Å². The van der Waals surface area contributed by atoms with Crippen molar-refractivity contribution in [3.63, 3.8) is 0 Å². The molecule has 0 aliphatic rings. The molecule has 6 nitrogen and oxygen atoms in total. The van der Waals surface area contributed by atoms with Gasteiger partial charge in [-0.2, -0.15) is 0 Å². The molecule has 0 aromatic heterocycles. The van der Waals surface area contributed by atoms with Crippen molar-refractivity contribution in [3.05, 3.63) is 144 Å². The van der Waals surface area contributed by atoms with Crippen LogP contribution in [0, 0.1) is 38.0 Å². The summed E-state index contributed by atoms with van der Waals surface area (Å²) in [6, 6.07) is 30.4. The van der Waals surface area contributed by atoms with Crippen molar-refractivity contribution >= 4 is 33.5 Å². The zero-order valence-electron chi connectivity index (χ0n) is 30.6. The Hall–Kier alpha value is -6.24. The third-order valence-electron chi connectivity index (χ3n) is 8.31. The number of terminal acetylenes is 1. The number of hydrogen-bond donors (Lipinski definition) is 0. The van der Waals surface area contributed by atoms with Crippen molar-refractivity contribution < 1.29 is 28.5 Å². The van der Waals surface area contributed by atoms with E-state index in [-0.39, 0.29) is 5.97 Å². The van der Waals surface area contributed by atoms with Crippen LogP contribution in [-0.2, 0) is 19.1 Å². The number of aryl methyl sites for hydroxylation is 2. The molecule has 0 spiro atoms. The molecule has 0 aliphatic heterocycles. The Balaban J connectivity index is 0.000000241. The molecule has 0 amide bonds. The highest BCUT2D eigenvalue weighted by Crippen LogP contribution is 2.24. The van der Waals surface area contributed by atoms with Gasteiger partial charge >= 0.3 is 11.9 Å².